The molecule has 3 N–H and O–H groups in total. The summed E-state index contributed by atoms with van der Waals surface area (Å²) >= 11 is 0. The van der Waals surface area contributed by atoms with E-state index in [0.717, 1.165) is 11.1 Å². The van der Waals surface area contributed by atoms with Crippen LogP contribution in [-0.4, -0.2) is 32.1 Å². The number of aliphatic hydroxyl groups excluding tert-OH is 1. The predicted octanol–water partition coefficient (Wildman–Crippen LogP) is 2.21. The monoisotopic (exact) mass is 362 g/mol. The van der Waals surface area contributed by atoms with E-state index in [1.165, 1.54) is 24.3 Å². The van der Waals surface area contributed by atoms with Crippen LogP contribution in [-0.2, 0) is 10.0 Å². The molecule has 0 heterocycles. The van der Waals surface area contributed by atoms with Crippen molar-refractivity contribution < 1.29 is 18.3 Å². The maximum atomic E-state index is 12.5. The first-order chi connectivity index (χ1) is 11.7. The molecule has 0 aliphatic heterocycles. The van der Waals surface area contributed by atoms with Gasteiger partial charge in [0.05, 0.1) is 17.2 Å². The summed E-state index contributed by atoms with van der Waals surface area (Å²) in [5.74, 6) is -0.368. The average Bonchev–Trinajstić information content (AvgIpc) is 2.58. The van der Waals surface area contributed by atoms with Gasteiger partial charge in [-0.15, -0.1) is 0 Å². The Hall–Kier alpha value is -2.38. The fourth-order valence-electron chi connectivity index (χ4n) is 2.20. The van der Waals surface area contributed by atoms with Crippen LogP contribution >= 0.6 is 0 Å². The van der Waals surface area contributed by atoms with Crippen molar-refractivity contribution in [1.29, 1.82) is 0 Å². The Morgan fingerprint density at radius 1 is 1.12 bits per heavy atom. The number of carbonyl (C=O) groups excluding carboxylic acids is 1. The van der Waals surface area contributed by atoms with E-state index in [1.807, 2.05) is 19.9 Å². The number of amides is 1. The van der Waals surface area contributed by atoms with Crippen molar-refractivity contribution in [2.75, 3.05) is 11.3 Å². The molecule has 0 aliphatic rings. The second-order valence-corrected chi connectivity index (χ2v) is 7.62. The van der Waals surface area contributed by atoms with E-state index in [1.54, 1.807) is 19.1 Å². The van der Waals surface area contributed by atoms with Gasteiger partial charge in [0.1, 0.15) is 0 Å². The maximum Gasteiger partial charge on any atom is 0.261 e. The summed E-state index contributed by atoms with van der Waals surface area (Å²) in [6.07, 6.45) is 0. The molecule has 0 spiro atoms. The van der Waals surface area contributed by atoms with Gasteiger partial charge in [-0.1, -0.05) is 12.1 Å². The number of hydrogen-bond donors (Lipinski definition) is 3. The third-order valence-corrected chi connectivity index (χ3v) is 5.31. The Morgan fingerprint density at radius 2 is 1.76 bits per heavy atom. The Kier molecular flexibility index (Phi) is 5.81. The van der Waals surface area contributed by atoms with Crippen molar-refractivity contribution in [3.8, 4) is 0 Å². The molecule has 134 valence electrons. The Morgan fingerprint density at radius 3 is 2.36 bits per heavy atom. The molecule has 2 aromatic rings. The first kappa shape index (κ1) is 19.0. The maximum absolute atomic E-state index is 12.5. The first-order valence-electron chi connectivity index (χ1n) is 7.85. The quantitative estimate of drug-likeness (QED) is 0.734. The Labute approximate surface area is 147 Å². The van der Waals surface area contributed by atoms with Crippen molar-refractivity contribution >= 4 is 21.6 Å². The van der Waals surface area contributed by atoms with E-state index < -0.39 is 10.0 Å². The third-order valence-electron chi connectivity index (χ3n) is 3.93. The molecule has 0 aliphatic carbocycles. The van der Waals surface area contributed by atoms with Gasteiger partial charge in [-0.25, -0.2) is 8.42 Å². The molecule has 1 atom stereocenters. The largest absolute Gasteiger partial charge is 0.394 e. The van der Waals surface area contributed by atoms with E-state index >= 15 is 0 Å². The van der Waals surface area contributed by atoms with Crippen molar-refractivity contribution in [2.45, 2.75) is 31.7 Å². The Bertz CT molecular complexity index is 861. The van der Waals surface area contributed by atoms with Gasteiger partial charge in [0.25, 0.3) is 15.9 Å². The molecule has 0 saturated carbocycles. The molecule has 25 heavy (non-hydrogen) atoms. The number of carbonyl (C=O) groups is 1. The number of aryl methyl sites for hydroxylation is 1. The summed E-state index contributed by atoms with van der Waals surface area (Å²) in [4.78, 5) is 12.0. The van der Waals surface area contributed by atoms with Crippen LogP contribution in [0.1, 0.15) is 28.4 Å². The molecule has 0 bridgehead atoms. The second kappa shape index (κ2) is 7.67. The highest BCUT2D eigenvalue weighted by Gasteiger charge is 2.17. The lowest BCUT2D eigenvalue weighted by Crippen LogP contribution is -2.34. The Balaban J connectivity index is 2.20. The SMILES string of the molecule is Cc1cccc(NS(=O)(=O)c2ccc(C(=O)NC(C)CO)cc2)c1C. The number of anilines is 1. The molecular weight excluding hydrogens is 340 g/mol. The van der Waals surface area contributed by atoms with Crippen LogP contribution in [0.4, 0.5) is 5.69 Å². The summed E-state index contributed by atoms with van der Waals surface area (Å²) in [5.41, 5.74) is 2.70. The smallest absolute Gasteiger partial charge is 0.261 e. The summed E-state index contributed by atoms with van der Waals surface area (Å²) in [7, 11) is -3.74. The lowest BCUT2D eigenvalue weighted by Gasteiger charge is -2.13. The summed E-state index contributed by atoms with van der Waals surface area (Å²) in [5, 5.41) is 11.6. The minimum Gasteiger partial charge on any atom is -0.394 e. The minimum atomic E-state index is -3.74. The minimum absolute atomic E-state index is 0.0696. The van der Waals surface area contributed by atoms with E-state index in [2.05, 4.69) is 10.0 Å². The van der Waals surface area contributed by atoms with Crippen molar-refractivity contribution in [1.82, 2.24) is 5.32 Å². The van der Waals surface area contributed by atoms with Gasteiger partial charge in [0.2, 0.25) is 0 Å². The molecule has 2 rings (SSSR count). The van der Waals surface area contributed by atoms with Crippen LogP contribution in [0.15, 0.2) is 47.4 Å². The van der Waals surface area contributed by atoms with Gasteiger partial charge in [-0.2, -0.15) is 0 Å². The molecule has 1 amide bonds. The average molecular weight is 362 g/mol. The predicted molar refractivity (Wildman–Crippen MR) is 97.2 cm³/mol. The number of aliphatic hydroxyl groups is 1. The number of nitrogens with one attached hydrogen (secondary N) is 2. The topological polar surface area (TPSA) is 95.5 Å². The van der Waals surface area contributed by atoms with Gasteiger partial charge >= 0.3 is 0 Å². The van der Waals surface area contributed by atoms with Crippen LogP contribution in [0.3, 0.4) is 0 Å². The van der Waals surface area contributed by atoms with Crippen LogP contribution < -0.4 is 10.0 Å². The molecule has 2 aromatic carbocycles. The molecule has 0 fully saturated rings. The lowest BCUT2D eigenvalue weighted by molar-refractivity contribution is 0.0922. The van der Waals surface area contributed by atoms with Gasteiger partial charge in [0, 0.05) is 11.6 Å². The molecule has 0 radical (unpaired) electrons. The zero-order valence-corrected chi connectivity index (χ0v) is 15.2. The standard InChI is InChI=1S/C18H22N2O4S/c1-12-5-4-6-17(14(12)3)20-25(23,24)16-9-7-15(8-10-16)18(22)19-13(2)11-21/h4-10,13,20-21H,11H2,1-3H3,(H,19,22). The van der Waals surface area contributed by atoms with Gasteiger partial charge in [0.15, 0.2) is 0 Å². The number of sulfonamides is 1. The third kappa shape index (κ3) is 4.58. The van der Waals surface area contributed by atoms with Crippen LogP contribution in [0, 0.1) is 13.8 Å². The molecule has 0 saturated heterocycles. The van der Waals surface area contributed by atoms with Crippen molar-refractivity contribution in [3.05, 3.63) is 59.2 Å². The van der Waals surface area contributed by atoms with Gasteiger partial charge in [-0.3, -0.25) is 9.52 Å². The molecule has 6 nitrogen and oxygen atoms in total. The van der Waals surface area contributed by atoms with E-state index in [-0.39, 0.29) is 23.5 Å². The van der Waals surface area contributed by atoms with E-state index in [4.69, 9.17) is 5.11 Å². The second-order valence-electron chi connectivity index (χ2n) is 5.93. The van der Waals surface area contributed by atoms with E-state index in [0.29, 0.717) is 11.3 Å². The summed E-state index contributed by atoms with van der Waals surface area (Å²) < 4.78 is 27.6. The fraction of sp³-hybridized carbons (Fsp3) is 0.278. The highest BCUT2D eigenvalue weighted by Crippen LogP contribution is 2.22. The highest BCUT2D eigenvalue weighted by molar-refractivity contribution is 7.92. The van der Waals surface area contributed by atoms with Crippen LogP contribution in [0.2, 0.25) is 0 Å². The number of rotatable bonds is 6. The zero-order chi connectivity index (χ0) is 18.6. The van der Waals surface area contributed by atoms with Crippen LogP contribution in [0.5, 0.6) is 0 Å². The molecule has 1 unspecified atom stereocenters. The summed E-state index contributed by atoms with van der Waals surface area (Å²) in [6.45, 7) is 5.26. The zero-order valence-electron chi connectivity index (χ0n) is 14.4. The fourth-order valence-corrected chi connectivity index (χ4v) is 3.33. The lowest BCUT2D eigenvalue weighted by atomic mass is 10.1. The van der Waals surface area contributed by atoms with Gasteiger partial charge in [-0.05, 0) is 62.2 Å². The molecular formula is C18H22N2O4S. The highest BCUT2D eigenvalue weighted by atomic mass is 32.2. The van der Waals surface area contributed by atoms with Crippen molar-refractivity contribution in [2.24, 2.45) is 0 Å². The summed E-state index contributed by atoms with van der Waals surface area (Å²) in [6, 6.07) is 10.7. The van der Waals surface area contributed by atoms with E-state index in [9.17, 15) is 13.2 Å². The molecule has 0 aromatic heterocycles. The first-order valence-corrected chi connectivity index (χ1v) is 9.33. The number of benzene rings is 2. The number of hydrogen-bond acceptors (Lipinski definition) is 4. The normalized spacial score (nSPS) is 12.5. The van der Waals surface area contributed by atoms with Gasteiger partial charge < -0.3 is 10.4 Å². The van der Waals surface area contributed by atoms with Crippen LogP contribution in [0.25, 0.3) is 0 Å². The molecule has 7 heteroatoms. The van der Waals surface area contributed by atoms with Crippen molar-refractivity contribution in [3.63, 3.8) is 0 Å².